The zero-order valence-electron chi connectivity index (χ0n) is 12.2. The summed E-state index contributed by atoms with van der Waals surface area (Å²) in [7, 11) is 3.42. The molecule has 0 fully saturated rings. The lowest BCUT2D eigenvalue weighted by Crippen LogP contribution is -2.39. The van der Waals surface area contributed by atoms with Gasteiger partial charge < -0.3 is 15.4 Å². The molecule has 0 radical (unpaired) electrons. The van der Waals surface area contributed by atoms with Gasteiger partial charge in [-0.3, -0.25) is 9.39 Å². The lowest BCUT2D eigenvalue weighted by Gasteiger charge is -2.10. The van der Waals surface area contributed by atoms with Crippen molar-refractivity contribution in [3.05, 3.63) is 30.2 Å². The van der Waals surface area contributed by atoms with Gasteiger partial charge in [0.25, 0.3) is 0 Å². The van der Waals surface area contributed by atoms with Crippen molar-refractivity contribution in [3.63, 3.8) is 0 Å². The predicted octanol–water partition coefficient (Wildman–Crippen LogP) is 0.701. The molecule has 0 amide bonds. The van der Waals surface area contributed by atoms with Crippen LogP contribution in [0.25, 0.3) is 5.65 Å². The highest BCUT2D eigenvalue weighted by Crippen LogP contribution is 2.02. The number of nitrogens with zero attached hydrogens (tertiary/aromatic N) is 4. The molecule has 2 aromatic heterocycles. The van der Waals surface area contributed by atoms with E-state index in [4.69, 9.17) is 4.74 Å². The van der Waals surface area contributed by atoms with Gasteiger partial charge in [-0.25, -0.2) is 0 Å². The van der Waals surface area contributed by atoms with Crippen LogP contribution in [0.15, 0.2) is 29.4 Å². The summed E-state index contributed by atoms with van der Waals surface area (Å²) in [4.78, 5) is 4.14. The Labute approximate surface area is 141 Å². The molecular weight excluding hydrogens is 383 g/mol. The first kappa shape index (κ1) is 17.6. The Morgan fingerprint density at radius 1 is 1.29 bits per heavy atom. The third kappa shape index (κ3) is 5.12. The van der Waals surface area contributed by atoms with Crippen molar-refractivity contribution in [2.24, 2.45) is 4.99 Å². The molecule has 0 aliphatic carbocycles. The molecule has 2 heterocycles. The van der Waals surface area contributed by atoms with Crippen molar-refractivity contribution in [2.75, 3.05) is 33.9 Å². The molecule has 0 saturated carbocycles. The number of hydrogen-bond acceptors (Lipinski definition) is 4. The van der Waals surface area contributed by atoms with E-state index in [1.807, 2.05) is 28.8 Å². The molecule has 2 rings (SSSR count). The molecule has 2 N–H and O–H groups in total. The number of halogens is 1. The summed E-state index contributed by atoms with van der Waals surface area (Å²) in [5.74, 6) is 1.69. The number of ether oxygens (including phenoxy) is 1. The lowest BCUT2D eigenvalue weighted by atomic mass is 10.4. The number of hydrogen-bond donors (Lipinski definition) is 2. The molecule has 0 bridgehead atoms. The van der Waals surface area contributed by atoms with E-state index in [0.29, 0.717) is 6.61 Å². The molecule has 8 heteroatoms. The summed E-state index contributed by atoms with van der Waals surface area (Å²) in [6.07, 6.45) is 2.74. The molecule has 0 spiro atoms. The fourth-order valence-electron chi connectivity index (χ4n) is 1.85. The van der Waals surface area contributed by atoms with Gasteiger partial charge in [0.05, 0.1) is 6.61 Å². The van der Waals surface area contributed by atoms with Gasteiger partial charge in [-0.2, -0.15) is 0 Å². The third-order valence-corrected chi connectivity index (χ3v) is 2.85. The number of aromatic nitrogens is 3. The van der Waals surface area contributed by atoms with E-state index in [2.05, 4.69) is 25.8 Å². The van der Waals surface area contributed by atoms with Crippen LogP contribution in [-0.4, -0.2) is 54.4 Å². The number of guanidine groups is 1. The Balaban J connectivity index is 0.00000220. The highest BCUT2D eigenvalue weighted by atomic mass is 127. The standard InChI is InChI=1S/C13H20N6O.HI/c1-14-13(16-8-10-20-2)15-7-6-12-18-17-11-5-3-4-9-19(11)12;/h3-5,9H,6-8,10H2,1-2H3,(H2,14,15,16);1H. The molecule has 2 aromatic rings. The zero-order chi connectivity index (χ0) is 14.2. The molecular formula is C13H21IN6O. The van der Waals surface area contributed by atoms with Crippen LogP contribution >= 0.6 is 24.0 Å². The molecule has 0 aliphatic rings. The fraction of sp³-hybridized carbons (Fsp3) is 0.462. The lowest BCUT2D eigenvalue weighted by molar-refractivity contribution is 0.203. The summed E-state index contributed by atoms with van der Waals surface area (Å²) in [6.45, 7) is 2.11. The monoisotopic (exact) mass is 404 g/mol. The van der Waals surface area contributed by atoms with Crippen LogP contribution in [0.5, 0.6) is 0 Å². The maximum absolute atomic E-state index is 4.98. The average molecular weight is 404 g/mol. The van der Waals surface area contributed by atoms with Crippen molar-refractivity contribution in [1.29, 1.82) is 0 Å². The Hall–Kier alpha value is -1.42. The molecule has 21 heavy (non-hydrogen) atoms. The van der Waals surface area contributed by atoms with Gasteiger partial charge in [0.1, 0.15) is 5.82 Å². The maximum atomic E-state index is 4.98. The van der Waals surface area contributed by atoms with Crippen LogP contribution in [0.1, 0.15) is 5.82 Å². The van der Waals surface area contributed by atoms with Crippen molar-refractivity contribution in [3.8, 4) is 0 Å². The fourth-order valence-corrected chi connectivity index (χ4v) is 1.85. The molecule has 0 saturated heterocycles. The number of nitrogens with one attached hydrogen (secondary N) is 2. The molecule has 0 aromatic carbocycles. The van der Waals surface area contributed by atoms with Gasteiger partial charge >= 0.3 is 0 Å². The molecule has 116 valence electrons. The first-order valence-electron chi connectivity index (χ1n) is 6.57. The molecule has 0 unspecified atom stereocenters. The third-order valence-electron chi connectivity index (χ3n) is 2.85. The highest BCUT2D eigenvalue weighted by Gasteiger charge is 2.04. The van der Waals surface area contributed by atoms with Gasteiger partial charge in [-0.05, 0) is 12.1 Å². The van der Waals surface area contributed by atoms with Crippen LogP contribution < -0.4 is 10.6 Å². The van der Waals surface area contributed by atoms with Gasteiger partial charge in [0.15, 0.2) is 11.6 Å². The second-order valence-corrected chi connectivity index (χ2v) is 4.21. The first-order valence-corrected chi connectivity index (χ1v) is 6.57. The van der Waals surface area contributed by atoms with E-state index in [0.717, 1.165) is 36.9 Å². The van der Waals surface area contributed by atoms with Crippen LogP contribution in [0.3, 0.4) is 0 Å². The summed E-state index contributed by atoms with van der Waals surface area (Å²) in [5, 5.41) is 14.7. The molecule has 7 nitrogen and oxygen atoms in total. The van der Waals surface area contributed by atoms with E-state index in [1.54, 1.807) is 14.2 Å². The number of pyridine rings is 1. The minimum atomic E-state index is 0. The van der Waals surface area contributed by atoms with E-state index in [-0.39, 0.29) is 24.0 Å². The average Bonchev–Trinajstić information content (AvgIpc) is 2.89. The second kappa shape index (κ2) is 9.50. The quantitative estimate of drug-likeness (QED) is 0.321. The number of rotatable bonds is 6. The van der Waals surface area contributed by atoms with E-state index >= 15 is 0 Å². The highest BCUT2D eigenvalue weighted by molar-refractivity contribution is 14.0. The normalized spacial score (nSPS) is 11.2. The van der Waals surface area contributed by atoms with Gasteiger partial charge in [0.2, 0.25) is 0 Å². The smallest absolute Gasteiger partial charge is 0.191 e. The Bertz CT molecular complexity index is 571. The summed E-state index contributed by atoms with van der Waals surface area (Å²) < 4.78 is 6.97. The summed E-state index contributed by atoms with van der Waals surface area (Å²) in [6, 6.07) is 5.86. The Morgan fingerprint density at radius 2 is 2.10 bits per heavy atom. The summed E-state index contributed by atoms with van der Waals surface area (Å²) in [5.41, 5.74) is 0.866. The summed E-state index contributed by atoms with van der Waals surface area (Å²) >= 11 is 0. The van der Waals surface area contributed by atoms with Crippen molar-refractivity contribution in [2.45, 2.75) is 6.42 Å². The van der Waals surface area contributed by atoms with Crippen molar-refractivity contribution >= 4 is 35.6 Å². The number of fused-ring (bicyclic) bond motifs is 1. The van der Waals surface area contributed by atoms with Crippen LogP contribution in [0.2, 0.25) is 0 Å². The van der Waals surface area contributed by atoms with Gasteiger partial charge in [-0.15, -0.1) is 34.2 Å². The number of aliphatic imine (C=N–C) groups is 1. The number of methoxy groups -OCH3 is 1. The first-order chi connectivity index (χ1) is 9.85. The SMILES string of the molecule is CN=C(NCCOC)NCCc1nnc2ccccn12.I. The largest absolute Gasteiger partial charge is 0.383 e. The van der Waals surface area contributed by atoms with Crippen molar-refractivity contribution < 1.29 is 4.74 Å². The van der Waals surface area contributed by atoms with Gasteiger partial charge in [0, 0.05) is 39.9 Å². The van der Waals surface area contributed by atoms with E-state index < -0.39 is 0 Å². The second-order valence-electron chi connectivity index (χ2n) is 4.21. The minimum absolute atomic E-state index is 0. The molecule has 0 atom stereocenters. The topological polar surface area (TPSA) is 75.8 Å². The predicted molar refractivity (Wildman–Crippen MR) is 93.3 cm³/mol. The Morgan fingerprint density at radius 3 is 2.86 bits per heavy atom. The van der Waals surface area contributed by atoms with Gasteiger partial charge in [-0.1, -0.05) is 6.07 Å². The van der Waals surface area contributed by atoms with Crippen LogP contribution in [-0.2, 0) is 11.2 Å². The Kier molecular flexibility index (Phi) is 7.98. The van der Waals surface area contributed by atoms with Crippen LogP contribution in [0.4, 0.5) is 0 Å². The minimum Gasteiger partial charge on any atom is -0.383 e. The van der Waals surface area contributed by atoms with Crippen molar-refractivity contribution in [1.82, 2.24) is 25.2 Å². The zero-order valence-corrected chi connectivity index (χ0v) is 14.6. The van der Waals surface area contributed by atoms with E-state index in [1.165, 1.54) is 0 Å². The molecule has 0 aliphatic heterocycles. The van der Waals surface area contributed by atoms with E-state index in [9.17, 15) is 0 Å². The maximum Gasteiger partial charge on any atom is 0.191 e. The van der Waals surface area contributed by atoms with Crippen LogP contribution in [0, 0.1) is 0 Å².